The van der Waals surface area contributed by atoms with Crippen LogP contribution >= 0.6 is 0 Å². The molecule has 0 atom stereocenters. The van der Waals surface area contributed by atoms with E-state index in [1.807, 2.05) is 0 Å². The van der Waals surface area contributed by atoms with Crippen molar-refractivity contribution in [2.45, 2.75) is 6.61 Å². The van der Waals surface area contributed by atoms with Crippen molar-refractivity contribution < 1.29 is 19.0 Å². The average Bonchev–Trinajstić information content (AvgIpc) is 2.45. The van der Waals surface area contributed by atoms with Crippen LogP contribution in [0.5, 0.6) is 5.75 Å². The zero-order chi connectivity index (χ0) is 14.4. The molecule has 2 aromatic rings. The van der Waals surface area contributed by atoms with E-state index in [2.05, 4.69) is 0 Å². The fraction of sp³-hybridized carbons (Fsp3) is 0.0625. The molecule has 0 heterocycles. The first kappa shape index (κ1) is 13.8. The van der Waals surface area contributed by atoms with Gasteiger partial charge in [-0.1, -0.05) is 24.3 Å². The molecule has 0 spiro atoms. The summed E-state index contributed by atoms with van der Waals surface area (Å²) >= 11 is 0. The molecule has 3 nitrogen and oxygen atoms in total. The number of hydrogen-bond donors (Lipinski definition) is 1. The van der Waals surface area contributed by atoms with Gasteiger partial charge in [0.2, 0.25) is 0 Å². The van der Waals surface area contributed by atoms with Gasteiger partial charge < -0.3 is 9.84 Å². The van der Waals surface area contributed by atoms with Crippen LogP contribution in [0.25, 0.3) is 6.08 Å². The van der Waals surface area contributed by atoms with Crippen LogP contribution in [0.3, 0.4) is 0 Å². The zero-order valence-corrected chi connectivity index (χ0v) is 10.6. The molecule has 102 valence electrons. The number of carbonyl (C=O) groups is 1. The SMILES string of the molecule is O=C(O)/C=C/c1cccc(OCc2ccc(F)cc2)c1. The molecule has 2 rings (SSSR count). The standard InChI is InChI=1S/C16H13FO3/c17-14-7-4-13(5-8-14)11-20-15-3-1-2-12(10-15)6-9-16(18)19/h1-10H,11H2,(H,18,19)/b9-6+. The van der Waals surface area contributed by atoms with Gasteiger partial charge in [-0.2, -0.15) is 0 Å². The highest BCUT2D eigenvalue weighted by Crippen LogP contribution is 2.16. The van der Waals surface area contributed by atoms with E-state index in [9.17, 15) is 9.18 Å². The van der Waals surface area contributed by atoms with Gasteiger partial charge in [0.05, 0.1) is 0 Å². The Kier molecular flexibility index (Phi) is 4.50. The summed E-state index contributed by atoms with van der Waals surface area (Å²) in [6.45, 7) is 0.326. The molecule has 0 aromatic heterocycles. The van der Waals surface area contributed by atoms with Crippen molar-refractivity contribution in [2.75, 3.05) is 0 Å². The number of aliphatic carboxylic acids is 1. The predicted molar refractivity (Wildman–Crippen MR) is 73.8 cm³/mol. The van der Waals surface area contributed by atoms with Gasteiger partial charge in [0.25, 0.3) is 0 Å². The van der Waals surface area contributed by atoms with Gasteiger partial charge in [0, 0.05) is 6.08 Å². The highest BCUT2D eigenvalue weighted by molar-refractivity contribution is 5.85. The molecule has 0 amide bonds. The van der Waals surface area contributed by atoms with Crippen LogP contribution in [0.4, 0.5) is 4.39 Å². The minimum absolute atomic E-state index is 0.283. The third kappa shape index (κ3) is 4.24. The lowest BCUT2D eigenvalue weighted by Gasteiger charge is -2.07. The third-order valence-electron chi connectivity index (χ3n) is 2.60. The predicted octanol–water partition coefficient (Wildman–Crippen LogP) is 3.50. The summed E-state index contributed by atoms with van der Waals surface area (Å²) in [4.78, 5) is 10.4. The molecule has 0 unspecified atom stereocenters. The number of carboxylic acid groups (broad SMARTS) is 1. The van der Waals surface area contributed by atoms with Crippen LogP contribution in [-0.2, 0) is 11.4 Å². The number of rotatable bonds is 5. The second-order valence-corrected chi connectivity index (χ2v) is 4.16. The number of halogens is 1. The molecule has 0 aliphatic rings. The van der Waals surface area contributed by atoms with E-state index in [1.54, 1.807) is 36.4 Å². The molecular formula is C16H13FO3. The monoisotopic (exact) mass is 272 g/mol. The van der Waals surface area contributed by atoms with Crippen LogP contribution in [0.1, 0.15) is 11.1 Å². The van der Waals surface area contributed by atoms with Crippen LogP contribution in [0.2, 0.25) is 0 Å². The Bertz CT molecular complexity index is 618. The first-order valence-corrected chi connectivity index (χ1v) is 6.02. The summed E-state index contributed by atoms with van der Waals surface area (Å²) in [7, 11) is 0. The largest absolute Gasteiger partial charge is 0.489 e. The molecule has 0 fully saturated rings. The van der Waals surface area contributed by atoms with Crippen LogP contribution in [0, 0.1) is 5.82 Å². The first-order valence-electron chi connectivity index (χ1n) is 6.02. The lowest BCUT2D eigenvalue weighted by Crippen LogP contribution is -1.95. The molecule has 0 saturated carbocycles. The van der Waals surface area contributed by atoms with E-state index < -0.39 is 5.97 Å². The van der Waals surface area contributed by atoms with E-state index in [0.29, 0.717) is 12.4 Å². The summed E-state index contributed by atoms with van der Waals surface area (Å²) in [5, 5.41) is 8.57. The minimum atomic E-state index is -0.998. The molecule has 0 saturated heterocycles. The smallest absolute Gasteiger partial charge is 0.328 e. The van der Waals surface area contributed by atoms with E-state index in [-0.39, 0.29) is 5.82 Å². The van der Waals surface area contributed by atoms with Crippen LogP contribution in [-0.4, -0.2) is 11.1 Å². The topological polar surface area (TPSA) is 46.5 Å². The van der Waals surface area contributed by atoms with Crippen molar-refractivity contribution in [1.29, 1.82) is 0 Å². The number of hydrogen-bond acceptors (Lipinski definition) is 2. The van der Waals surface area contributed by atoms with Crippen molar-refractivity contribution in [1.82, 2.24) is 0 Å². The molecule has 1 N–H and O–H groups in total. The second kappa shape index (κ2) is 6.52. The Hall–Kier alpha value is -2.62. The van der Waals surface area contributed by atoms with Gasteiger partial charge in [-0.25, -0.2) is 9.18 Å². The Morgan fingerprint density at radius 3 is 2.65 bits per heavy atom. The second-order valence-electron chi connectivity index (χ2n) is 4.16. The molecule has 0 aliphatic carbocycles. The number of ether oxygens (including phenoxy) is 1. The molecule has 0 radical (unpaired) electrons. The van der Waals surface area contributed by atoms with Crippen LogP contribution in [0.15, 0.2) is 54.6 Å². The van der Waals surface area contributed by atoms with Gasteiger partial charge in [0.1, 0.15) is 18.2 Å². The third-order valence-corrected chi connectivity index (χ3v) is 2.60. The van der Waals surface area contributed by atoms with Crippen molar-refractivity contribution in [3.63, 3.8) is 0 Å². The quantitative estimate of drug-likeness (QED) is 0.847. The molecule has 0 aliphatic heterocycles. The van der Waals surface area contributed by atoms with Gasteiger partial charge in [-0.05, 0) is 41.5 Å². The Morgan fingerprint density at radius 1 is 1.20 bits per heavy atom. The maximum absolute atomic E-state index is 12.8. The molecular weight excluding hydrogens is 259 g/mol. The van der Waals surface area contributed by atoms with Crippen molar-refractivity contribution in [3.05, 3.63) is 71.6 Å². The highest BCUT2D eigenvalue weighted by Gasteiger charge is 1.98. The summed E-state index contributed by atoms with van der Waals surface area (Å²) < 4.78 is 18.3. The molecule has 0 bridgehead atoms. The van der Waals surface area contributed by atoms with Crippen molar-refractivity contribution in [2.24, 2.45) is 0 Å². The van der Waals surface area contributed by atoms with Gasteiger partial charge in [0.15, 0.2) is 0 Å². The van der Waals surface area contributed by atoms with Gasteiger partial charge in [-0.3, -0.25) is 0 Å². The molecule has 2 aromatic carbocycles. The average molecular weight is 272 g/mol. The Balaban J connectivity index is 2.01. The summed E-state index contributed by atoms with van der Waals surface area (Å²) in [6, 6.07) is 13.2. The summed E-state index contributed by atoms with van der Waals surface area (Å²) in [5.41, 5.74) is 1.60. The lowest BCUT2D eigenvalue weighted by molar-refractivity contribution is -0.131. The maximum atomic E-state index is 12.8. The Morgan fingerprint density at radius 2 is 1.95 bits per heavy atom. The number of benzene rings is 2. The minimum Gasteiger partial charge on any atom is -0.489 e. The van der Waals surface area contributed by atoms with E-state index in [4.69, 9.17) is 9.84 Å². The highest BCUT2D eigenvalue weighted by atomic mass is 19.1. The normalized spacial score (nSPS) is 10.7. The fourth-order valence-corrected chi connectivity index (χ4v) is 1.62. The fourth-order valence-electron chi connectivity index (χ4n) is 1.62. The lowest BCUT2D eigenvalue weighted by atomic mass is 10.2. The van der Waals surface area contributed by atoms with E-state index in [1.165, 1.54) is 18.2 Å². The van der Waals surface area contributed by atoms with Crippen molar-refractivity contribution >= 4 is 12.0 Å². The van der Waals surface area contributed by atoms with Crippen LogP contribution < -0.4 is 4.74 Å². The molecule has 4 heteroatoms. The van der Waals surface area contributed by atoms with Crippen molar-refractivity contribution in [3.8, 4) is 5.75 Å². The van der Waals surface area contributed by atoms with E-state index >= 15 is 0 Å². The van der Waals surface area contributed by atoms with E-state index in [0.717, 1.165) is 17.2 Å². The van der Waals surface area contributed by atoms with Gasteiger partial charge >= 0.3 is 5.97 Å². The summed E-state index contributed by atoms with van der Waals surface area (Å²) in [6.07, 6.45) is 2.56. The molecule has 20 heavy (non-hydrogen) atoms. The number of carboxylic acids is 1. The zero-order valence-electron chi connectivity index (χ0n) is 10.6. The summed E-state index contributed by atoms with van der Waals surface area (Å²) in [5.74, 6) is -0.654. The Labute approximate surface area is 115 Å². The maximum Gasteiger partial charge on any atom is 0.328 e. The van der Waals surface area contributed by atoms with Gasteiger partial charge in [-0.15, -0.1) is 0 Å². The first-order chi connectivity index (χ1) is 9.63.